The average molecular weight is 238 g/mol. The van der Waals surface area contributed by atoms with Gasteiger partial charge in [0.25, 0.3) is 0 Å². The second kappa shape index (κ2) is 4.55. The Labute approximate surface area is 100 Å². The molecule has 0 unspecified atom stereocenters. The second-order valence-electron chi connectivity index (χ2n) is 4.57. The number of nitrogens with one attached hydrogen (secondary N) is 1. The molecule has 1 N–H and O–H groups in total. The number of amides is 1. The van der Waals surface area contributed by atoms with E-state index in [2.05, 4.69) is 16.8 Å². The predicted octanol–water partition coefficient (Wildman–Crippen LogP) is 1.50. The van der Waals surface area contributed by atoms with E-state index in [1.807, 2.05) is 20.2 Å². The van der Waals surface area contributed by atoms with Crippen LogP contribution in [0.25, 0.3) is 0 Å². The zero-order chi connectivity index (χ0) is 11.6. The van der Waals surface area contributed by atoms with Gasteiger partial charge in [-0.3, -0.25) is 4.79 Å². The number of thiophene rings is 1. The number of nitrogens with zero attached hydrogens (tertiary/aromatic N) is 1. The molecule has 16 heavy (non-hydrogen) atoms. The number of rotatable bonds is 3. The summed E-state index contributed by atoms with van der Waals surface area (Å²) in [6.45, 7) is 0.949. The highest BCUT2D eigenvalue weighted by molar-refractivity contribution is 7.09. The van der Waals surface area contributed by atoms with E-state index in [9.17, 15) is 4.79 Å². The van der Waals surface area contributed by atoms with Crippen molar-refractivity contribution in [3.8, 4) is 0 Å². The van der Waals surface area contributed by atoms with E-state index in [1.54, 1.807) is 16.2 Å². The fourth-order valence-electron chi connectivity index (χ4n) is 2.35. The fourth-order valence-corrected chi connectivity index (χ4v) is 3.17. The molecule has 3 nitrogen and oxygen atoms in total. The molecule has 1 aromatic heterocycles. The van der Waals surface area contributed by atoms with Gasteiger partial charge in [0.15, 0.2) is 0 Å². The summed E-state index contributed by atoms with van der Waals surface area (Å²) in [7, 11) is 3.66. The van der Waals surface area contributed by atoms with Gasteiger partial charge in [-0.05, 0) is 30.8 Å². The van der Waals surface area contributed by atoms with Crippen molar-refractivity contribution in [3.63, 3.8) is 0 Å². The average Bonchev–Trinajstić information content (AvgIpc) is 2.89. The molecule has 0 spiro atoms. The van der Waals surface area contributed by atoms with Gasteiger partial charge in [0.05, 0.1) is 0 Å². The van der Waals surface area contributed by atoms with Gasteiger partial charge in [0, 0.05) is 25.4 Å². The first-order valence-corrected chi connectivity index (χ1v) is 6.51. The standard InChI is InChI=1S/C12H18N2OS/c1-14(2)11(15)12(6-4-7-13-12)9-10-5-3-8-16-10/h3,5,8,13H,4,6-7,9H2,1-2H3/t12-/m1/s1. The number of carbonyl (C=O) groups is 1. The summed E-state index contributed by atoms with van der Waals surface area (Å²) in [5.74, 6) is 0.207. The lowest BCUT2D eigenvalue weighted by molar-refractivity contribution is -0.135. The first-order chi connectivity index (χ1) is 7.64. The van der Waals surface area contributed by atoms with Crippen molar-refractivity contribution < 1.29 is 4.79 Å². The molecule has 2 heterocycles. The molecule has 1 aromatic rings. The Morgan fingerprint density at radius 3 is 2.94 bits per heavy atom. The van der Waals surface area contributed by atoms with Crippen molar-refractivity contribution in [1.29, 1.82) is 0 Å². The van der Waals surface area contributed by atoms with E-state index in [1.165, 1.54) is 4.88 Å². The molecule has 1 saturated heterocycles. The Hall–Kier alpha value is -0.870. The normalized spacial score (nSPS) is 24.6. The van der Waals surface area contributed by atoms with E-state index in [0.29, 0.717) is 0 Å². The van der Waals surface area contributed by atoms with Crippen LogP contribution >= 0.6 is 11.3 Å². The third-order valence-electron chi connectivity index (χ3n) is 3.12. The lowest BCUT2D eigenvalue weighted by Gasteiger charge is -2.30. The first-order valence-electron chi connectivity index (χ1n) is 5.63. The summed E-state index contributed by atoms with van der Waals surface area (Å²) in [4.78, 5) is 15.2. The van der Waals surface area contributed by atoms with Crippen LogP contribution in [0.4, 0.5) is 0 Å². The summed E-state index contributed by atoms with van der Waals surface area (Å²) >= 11 is 1.73. The van der Waals surface area contributed by atoms with Crippen molar-refractivity contribution >= 4 is 17.2 Å². The highest BCUT2D eigenvalue weighted by Gasteiger charge is 2.41. The number of carbonyl (C=O) groups excluding carboxylic acids is 1. The van der Waals surface area contributed by atoms with Gasteiger partial charge < -0.3 is 10.2 Å². The van der Waals surface area contributed by atoms with Gasteiger partial charge >= 0.3 is 0 Å². The lowest BCUT2D eigenvalue weighted by atomic mass is 9.91. The zero-order valence-corrected chi connectivity index (χ0v) is 10.6. The molecule has 2 rings (SSSR count). The summed E-state index contributed by atoms with van der Waals surface area (Å²) in [6.07, 6.45) is 2.86. The molecule has 0 aromatic carbocycles. The van der Waals surface area contributed by atoms with E-state index < -0.39 is 0 Å². The van der Waals surface area contributed by atoms with Crippen molar-refractivity contribution in [2.24, 2.45) is 0 Å². The van der Waals surface area contributed by atoms with Crippen molar-refractivity contribution in [1.82, 2.24) is 10.2 Å². The fraction of sp³-hybridized carbons (Fsp3) is 0.583. The van der Waals surface area contributed by atoms with Gasteiger partial charge in [-0.15, -0.1) is 11.3 Å². The van der Waals surface area contributed by atoms with Crippen LogP contribution in [-0.4, -0.2) is 37.0 Å². The Morgan fingerprint density at radius 1 is 1.62 bits per heavy atom. The molecule has 1 aliphatic heterocycles. The molecule has 1 atom stereocenters. The SMILES string of the molecule is CN(C)C(=O)[C@]1(Cc2cccs2)CCCN1. The molecule has 0 bridgehead atoms. The van der Waals surface area contributed by atoms with E-state index >= 15 is 0 Å². The molecular formula is C12H18N2OS. The minimum atomic E-state index is -0.353. The van der Waals surface area contributed by atoms with Gasteiger partial charge in [-0.25, -0.2) is 0 Å². The van der Waals surface area contributed by atoms with E-state index in [0.717, 1.165) is 25.8 Å². The summed E-state index contributed by atoms with van der Waals surface area (Å²) in [5.41, 5.74) is -0.353. The molecule has 0 saturated carbocycles. The molecule has 0 radical (unpaired) electrons. The Kier molecular flexibility index (Phi) is 3.30. The molecule has 4 heteroatoms. The van der Waals surface area contributed by atoms with Crippen LogP contribution in [0.1, 0.15) is 17.7 Å². The lowest BCUT2D eigenvalue weighted by Crippen LogP contribution is -2.54. The first kappa shape index (κ1) is 11.6. The molecule has 1 fully saturated rings. The van der Waals surface area contributed by atoms with Gasteiger partial charge in [0.1, 0.15) is 5.54 Å². The highest BCUT2D eigenvalue weighted by atomic mass is 32.1. The number of hydrogen-bond donors (Lipinski definition) is 1. The summed E-state index contributed by atoms with van der Waals surface area (Å²) < 4.78 is 0. The molecule has 88 valence electrons. The molecule has 1 amide bonds. The maximum Gasteiger partial charge on any atom is 0.242 e. The minimum absolute atomic E-state index is 0.207. The van der Waals surface area contributed by atoms with Crippen LogP contribution in [0.5, 0.6) is 0 Å². The quantitative estimate of drug-likeness (QED) is 0.865. The molecule has 1 aliphatic rings. The monoisotopic (exact) mass is 238 g/mol. The Morgan fingerprint density at radius 2 is 2.44 bits per heavy atom. The number of likely N-dealkylation sites (N-methyl/N-ethyl adjacent to an activating group) is 1. The predicted molar refractivity (Wildman–Crippen MR) is 66.7 cm³/mol. The smallest absolute Gasteiger partial charge is 0.242 e. The number of hydrogen-bond acceptors (Lipinski definition) is 3. The Balaban J connectivity index is 2.19. The van der Waals surface area contributed by atoms with Crippen LogP contribution in [0.2, 0.25) is 0 Å². The topological polar surface area (TPSA) is 32.3 Å². The maximum absolute atomic E-state index is 12.3. The third-order valence-corrected chi connectivity index (χ3v) is 3.99. The van der Waals surface area contributed by atoms with Crippen molar-refractivity contribution in [2.45, 2.75) is 24.8 Å². The van der Waals surface area contributed by atoms with Crippen LogP contribution in [0, 0.1) is 0 Å². The van der Waals surface area contributed by atoms with Crippen molar-refractivity contribution in [2.75, 3.05) is 20.6 Å². The van der Waals surface area contributed by atoms with E-state index in [4.69, 9.17) is 0 Å². The van der Waals surface area contributed by atoms with Crippen LogP contribution in [0.15, 0.2) is 17.5 Å². The molecular weight excluding hydrogens is 220 g/mol. The molecule has 0 aliphatic carbocycles. The van der Waals surface area contributed by atoms with Crippen molar-refractivity contribution in [3.05, 3.63) is 22.4 Å². The maximum atomic E-state index is 12.3. The van der Waals surface area contributed by atoms with Gasteiger partial charge in [-0.1, -0.05) is 6.07 Å². The highest BCUT2D eigenvalue weighted by Crippen LogP contribution is 2.27. The third kappa shape index (κ3) is 2.13. The van der Waals surface area contributed by atoms with E-state index in [-0.39, 0.29) is 11.4 Å². The minimum Gasteiger partial charge on any atom is -0.347 e. The Bertz CT molecular complexity index is 353. The van der Waals surface area contributed by atoms with Gasteiger partial charge in [-0.2, -0.15) is 0 Å². The van der Waals surface area contributed by atoms with Gasteiger partial charge in [0.2, 0.25) is 5.91 Å². The van der Waals surface area contributed by atoms with Crippen LogP contribution < -0.4 is 5.32 Å². The van der Waals surface area contributed by atoms with Crippen LogP contribution in [0.3, 0.4) is 0 Å². The second-order valence-corrected chi connectivity index (χ2v) is 5.60. The summed E-state index contributed by atoms with van der Waals surface area (Å²) in [6, 6.07) is 4.15. The zero-order valence-electron chi connectivity index (χ0n) is 9.82. The van der Waals surface area contributed by atoms with Crippen LogP contribution in [-0.2, 0) is 11.2 Å². The largest absolute Gasteiger partial charge is 0.347 e. The summed E-state index contributed by atoms with van der Waals surface area (Å²) in [5, 5.41) is 5.47.